The maximum atomic E-state index is 10.5. The van der Waals surface area contributed by atoms with Gasteiger partial charge < -0.3 is 10.4 Å². The molecular weight excluding hydrogens is 306 g/mol. The number of carboxylic acid groups (broad SMARTS) is 1. The lowest BCUT2D eigenvalue weighted by Crippen LogP contribution is -1.99. The molecular formula is C17H15N5O2. The number of hydrogen-bond donors (Lipinski definition) is 3. The first-order valence-corrected chi connectivity index (χ1v) is 7.28. The molecule has 7 nitrogen and oxygen atoms in total. The predicted octanol–water partition coefficient (Wildman–Crippen LogP) is 2.58. The lowest BCUT2D eigenvalue weighted by atomic mass is 10.1. The summed E-state index contributed by atoms with van der Waals surface area (Å²) in [4.78, 5) is 10.5. The molecule has 0 saturated carbocycles. The van der Waals surface area contributed by atoms with Crippen LogP contribution in [0.25, 0.3) is 17.5 Å². The molecule has 120 valence electrons. The van der Waals surface area contributed by atoms with Crippen molar-refractivity contribution in [3.63, 3.8) is 0 Å². The van der Waals surface area contributed by atoms with Gasteiger partial charge in [-0.25, -0.2) is 4.79 Å². The van der Waals surface area contributed by atoms with Crippen LogP contribution in [0.15, 0.2) is 54.6 Å². The largest absolute Gasteiger partial charge is 0.478 e. The van der Waals surface area contributed by atoms with Gasteiger partial charge >= 0.3 is 5.97 Å². The second-order valence-corrected chi connectivity index (χ2v) is 5.08. The first-order valence-electron chi connectivity index (χ1n) is 7.28. The quantitative estimate of drug-likeness (QED) is 0.603. The Morgan fingerprint density at radius 3 is 2.75 bits per heavy atom. The SMILES string of the molecule is O=C(O)/C=C/c1ccc(CNc2cccc(-c3nn[nH]n3)c2)cc1. The summed E-state index contributed by atoms with van der Waals surface area (Å²) < 4.78 is 0. The molecule has 0 amide bonds. The Balaban J connectivity index is 1.63. The zero-order valence-corrected chi connectivity index (χ0v) is 12.7. The van der Waals surface area contributed by atoms with Crippen molar-refractivity contribution in [2.75, 3.05) is 5.32 Å². The van der Waals surface area contributed by atoms with Gasteiger partial charge in [-0.15, -0.1) is 10.2 Å². The van der Waals surface area contributed by atoms with E-state index in [1.807, 2.05) is 48.5 Å². The van der Waals surface area contributed by atoms with E-state index < -0.39 is 5.97 Å². The highest BCUT2D eigenvalue weighted by Crippen LogP contribution is 2.19. The number of aliphatic carboxylic acids is 1. The third-order valence-corrected chi connectivity index (χ3v) is 3.36. The molecule has 0 aliphatic rings. The van der Waals surface area contributed by atoms with Crippen LogP contribution in [0.3, 0.4) is 0 Å². The Bertz CT molecular complexity index is 842. The molecule has 3 N–H and O–H groups in total. The Morgan fingerprint density at radius 2 is 2.04 bits per heavy atom. The van der Waals surface area contributed by atoms with Gasteiger partial charge in [-0.2, -0.15) is 5.21 Å². The van der Waals surface area contributed by atoms with Crippen molar-refractivity contribution in [1.82, 2.24) is 20.6 Å². The lowest BCUT2D eigenvalue weighted by Gasteiger charge is -2.08. The number of H-pyrrole nitrogens is 1. The number of aromatic nitrogens is 4. The predicted molar refractivity (Wildman–Crippen MR) is 90.1 cm³/mol. The number of benzene rings is 2. The van der Waals surface area contributed by atoms with Gasteiger partial charge in [0.2, 0.25) is 5.82 Å². The van der Waals surface area contributed by atoms with E-state index in [9.17, 15) is 4.79 Å². The average molecular weight is 321 g/mol. The van der Waals surface area contributed by atoms with Crippen molar-refractivity contribution in [2.24, 2.45) is 0 Å². The third-order valence-electron chi connectivity index (χ3n) is 3.36. The van der Waals surface area contributed by atoms with Gasteiger partial charge in [-0.05, 0) is 34.5 Å². The van der Waals surface area contributed by atoms with Crippen LogP contribution < -0.4 is 5.32 Å². The number of nitrogens with one attached hydrogen (secondary N) is 2. The van der Waals surface area contributed by atoms with E-state index >= 15 is 0 Å². The van der Waals surface area contributed by atoms with Crippen LogP contribution in [0.5, 0.6) is 0 Å². The van der Waals surface area contributed by atoms with Gasteiger partial charge in [0.1, 0.15) is 0 Å². The molecule has 0 unspecified atom stereocenters. The van der Waals surface area contributed by atoms with Crippen LogP contribution in [-0.4, -0.2) is 31.7 Å². The van der Waals surface area contributed by atoms with Gasteiger partial charge in [-0.1, -0.05) is 36.4 Å². The molecule has 0 fully saturated rings. The summed E-state index contributed by atoms with van der Waals surface area (Å²) in [6.07, 6.45) is 2.69. The van der Waals surface area contributed by atoms with Crippen molar-refractivity contribution >= 4 is 17.7 Å². The van der Waals surface area contributed by atoms with Crippen LogP contribution in [0.1, 0.15) is 11.1 Å². The van der Waals surface area contributed by atoms with Crippen LogP contribution in [0.4, 0.5) is 5.69 Å². The van der Waals surface area contributed by atoms with E-state index in [1.54, 1.807) is 6.08 Å². The highest BCUT2D eigenvalue weighted by atomic mass is 16.4. The van der Waals surface area contributed by atoms with E-state index in [4.69, 9.17) is 5.11 Å². The van der Waals surface area contributed by atoms with Gasteiger partial charge in [0.25, 0.3) is 0 Å². The van der Waals surface area contributed by atoms with Gasteiger partial charge in [0.15, 0.2) is 0 Å². The van der Waals surface area contributed by atoms with Crippen molar-refractivity contribution in [2.45, 2.75) is 6.54 Å². The molecule has 2 aromatic carbocycles. The van der Waals surface area contributed by atoms with Crippen LogP contribution in [0.2, 0.25) is 0 Å². The zero-order chi connectivity index (χ0) is 16.8. The number of anilines is 1. The van der Waals surface area contributed by atoms with Crippen molar-refractivity contribution in [3.8, 4) is 11.4 Å². The van der Waals surface area contributed by atoms with Crippen LogP contribution >= 0.6 is 0 Å². The molecule has 0 aliphatic heterocycles. The normalized spacial score (nSPS) is 10.8. The average Bonchev–Trinajstić information content (AvgIpc) is 3.14. The standard InChI is InChI=1S/C17H15N5O2/c23-16(24)9-8-12-4-6-13(7-5-12)11-18-15-3-1-2-14(10-15)17-19-21-22-20-17/h1-10,18H,11H2,(H,23,24)(H,19,20,21,22)/b9-8+. The molecule has 0 aliphatic carbocycles. The van der Waals surface area contributed by atoms with Crippen molar-refractivity contribution < 1.29 is 9.90 Å². The monoisotopic (exact) mass is 321 g/mol. The minimum atomic E-state index is -0.956. The number of rotatable bonds is 6. The summed E-state index contributed by atoms with van der Waals surface area (Å²) >= 11 is 0. The fourth-order valence-corrected chi connectivity index (χ4v) is 2.17. The Labute approximate surface area is 138 Å². The molecule has 1 heterocycles. The molecule has 0 radical (unpaired) electrons. The van der Waals surface area contributed by atoms with E-state index in [0.717, 1.165) is 28.5 Å². The summed E-state index contributed by atoms with van der Waals surface area (Å²) in [5, 5.41) is 25.9. The molecule has 3 rings (SSSR count). The second-order valence-electron chi connectivity index (χ2n) is 5.08. The molecule has 0 spiro atoms. The third kappa shape index (κ3) is 4.04. The minimum absolute atomic E-state index is 0.549. The molecule has 1 aromatic heterocycles. The van der Waals surface area contributed by atoms with E-state index in [1.165, 1.54) is 0 Å². The number of carboxylic acids is 1. The van der Waals surface area contributed by atoms with Crippen molar-refractivity contribution in [3.05, 3.63) is 65.7 Å². The Hall–Kier alpha value is -3.48. The van der Waals surface area contributed by atoms with Gasteiger partial charge in [-0.3, -0.25) is 0 Å². The summed E-state index contributed by atoms with van der Waals surface area (Å²) in [5.41, 5.74) is 3.77. The number of nitrogens with zero attached hydrogens (tertiary/aromatic N) is 3. The molecule has 24 heavy (non-hydrogen) atoms. The van der Waals surface area contributed by atoms with Crippen molar-refractivity contribution in [1.29, 1.82) is 0 Å². The smallest absolute Gasteiger partial charge is 0.328 e. The first-order chi connectivity index (χ1) is 11.7. The number of tetrazole rings is 1. The fourth-order valence-electron chi connectivity index (χ4n) is 2.17. The second kappa shape index (κ2) is 7.19. The zero-order valence-electron chi connectivity index (χ0n) is 12.7. The number of hydrogen-bond acceptors (Lipinski definition) is 5. The van der Waals surface area contributed by atoms with E-state index in [-0.39, 0.29) is 0 Å². The minimum Gasteiger partial charge on any atom is -0.478 e. The number of carbonyl (C=O) groups is 1. The lowest BCUT2D eigenvalue weighted by molar-refractivity contribution is -0.131. The summed E-state index contributed by atoms with van der Waals surface area (Å²) in [7, 11) is 0. The maximum absolute atomic E-state index is 10.5. The fraction of sp³-hybridized carbons (Fsp3) is 0.0588. The first kappa shape index (κ1) is 15.4. The molecule has 0 atom stereocenters. The highest BCUT2D eigenvalue weighted by Gasteiger charge is 2.03. The van der Waals surface area contributed by atoms with Gasteiger partial charge in [0.05, 0.1) is 0 Å². The molecule has 0 bridgehead atoms. The molecule has 0 saturated heterocycles. The number of aromatic amines is 1. The highest BCUT2D eigenvalue weighted by molar-refractivity contribution is 5.85. The molecule has 7 heteroatoms. The summed E-state index contributed by atoms with van der Waals surface area (Å²) in [5.74, 6) is -0.407. The Morgan fingerprint density at radius 1 is 1.21 bits per heavy atom. The van der Waals surface area contributed by atoms with E-state index in [2.05, 4.69) is 25.9 Å². The van der Waals surface area contributed by atoms with E-state index in [0.29, 0.717) is 12.4 Å². The van der Waals surface area contributed by atoms with Crippen LogP contribution in [0, 0.1) is 0 Å². The summed E-state index contributed by atoms with van der Waals surface area (Å²) in [6, 6.07) is 15.4. The summed E-state index contributed by atoms with van der Waals surface area (Å²) in [6.45, 7) is 0.651. The maximum Gasteiger partial charge on any atom is 0.328 e. The topological polar surface area (TPSA) is 104 Å². The molecule has 3 aromatic rings. The van der Waals surface area contributed by atoms with Gasteiger partial charge in [0, 0.05) is 23.9 Å². The van der Waals surface area contributed by atoms with Crippen LogP contribution in [-0.2, 0) is 11.3 Å². The Kier molecular flexibility index (Phi) is 4.62.